The van der Waals surface area contributed by atoms with Crippen LogP contribution in [0.15, 0.2) is 36.8 Å². The monoisotopic (exact) mass is 257 g/mol. The summed E-state index contributed by atoms with van der Waals surface area (Å²) < 4.78 is 7.71. The first-order valence-corrected chi connectivity index (χ1v) is 6.72. The van der Waals surface area contributed by atoms with E-state index < -0.39 is 0 Å². The van der Waals surface area contributed by atoms with Gasteiger partial charge in [0.2, 0.25) is 0 Å². The lowest BCUT2D eigenvalue weighted by Crippen LogP contribution is -2.43. The Morgan fingerprint density at radius 3 is 3.11 bits per heavy atom. The predicted octanol–water partition coefficient (Wildman–Crippen LogP) is 1.85. The average molecular weight is 257 g/mol. The van der Waals surface area contributed by atoms with E-state index in [1.54, 1.807) is 0 Å². The average Bonchev–Trinajstić information content (AvgIpc) is 2.88. The summed E-state index contributed by atoms with van der Waals surface area (Å²) in [7, 11) is 0. The number of nitrogens with one attached hydrogen (secondary N) is 1. The zero-order valence-electron chi connectivity index (χ0n) is 11.2. The molecule has 4 nitrogen and oxygen atoms in total. The fourth-order valence-corrected chi connectivity index (χ4v) is 2.53. The predicted molar refractivity (Wildman–Crippen MR) is 75.0 cm³/mol. The van der Waals surface area contributed by atoms with Crippen molar-refractivity contribution in [2.45, 2.75) is 19.5 Å². The van der Waals surface area contributed by atoms with E-state index in [1.165, 1.54) is 16.8 Å². The zero-order valence-corrected chi connectivity index (χ0v) is 11.2. The van der Waals surface area contributed by atoms with Gasteiger partial charge < -0.3 is 14.6 Å². The van der Waals surface area contributed by atoms with E-state index in [1.807, 2.05) is 12.5 Å². The molecule has 100 valence electrons. The number of morpholine rings is 1. The second-order valence-corrected chi connectivity index (χ2v) is 4.97. The number of benzene rings is 1. The van der Waals surface area contributed by atoms with Crippen molar-refractivity contribution in [3.8, 4) is 11.3 Å². The Labute approximate surface area is 113 Å². The van der Waals surface area contributed by atoms with Crippen molar-refractivity contribution in [2.24, 2.45) is 0 Å². The lowest BCUT2D eigenvalue weighted by molar-refractivity contribution is 0.0715. The first kappa shape index (κ1) is 12.4. The van der Waals surface area contributed by atoms with Crippen LogP contribution in [0.3, 0.4) is 0 Å². The lowest BCUT2D eigenvalue weighted by Gasteiger charge is -2.25. The van der Waals surface area contributed by atoms with E-state index in [0.717, 1.165) is 26.3 Å². The quantitative estimate of drug-likeness (QED) is 0.912. The molecule has 0 saturated carbocycles. The maximum atomic E-state index is 5.50. The van der Waals surface area contributed by atoms with E-state index >= 15 is 0 Å². The van der Waals surface area contributed by atoms with Crippen molar-refractivity contribution >= 4 is 0 Å². The minimum absolute atomic E-state index is 0.366. The highest BCUT2D eigenvalue weighted by atomic mass is 16.5. The molecular formula is C15H19N3O. The highest BCUT2D eigenvalue weighted by Gasteiger charge is 2.15. The molecule has 1 N–H and O–H groups in total. The number of hydrogen-bond acceptors (Lipinski definition) is 3. The molecule has 4 heteroatoms. The number of aryl methyl sites for hydroxylation is 1. The minimum Gasteiger partial charge on any atom is -0.378 e. The molecule has 2 aromatic rings. The molecule has 0 radical (unpaired) electrons. The molecule has 0 aliphatic carbocycles. The molecule has 1 saturated heterocycles. The Bertz CT molecular complexity index is 544. The molecule has 0 spiro atoms. The molecule has 0 amide bonds. The van der Waals surface area contributed by atoms with Crippen molar-refractivity contribution in [3.05, 3.63) is 42.4 Å². The van der Waals surface area contributed by atoms with Gasteiger partial charge in [0.25, 0.3) is 0 Å². The van der Waals surface area contributed by atoms with Crippen molar-refractivity contribution in [1.82, 2.24) is 14.9 Å². The van der Waals surface area contributed by atoms with Gasteiger partial charge >= 0.3 is 0 Å². The maximum Gasteiger partial charge on any atom is 0.0951 e. The molecular weight excluding hydrogens is 238 g/mol. The number of aromatic nitrogens is 2. The van der Waals surface area contributed by atoms with Crippen LogP contribution in [0.2, 0.25) is 0 Å². The smallest absolute Gasteiger partial charge is 0.0951 e. The molecule has 3 rings (SSSR count). The summed E-state index contributed by atoms with van der Waals surface area (Å²) in [6.45, 7) is 5.54. The van der Waals surface area contributed by atoms with Gasteiger partial charge in [-0.1, -0.05) is 24.3 Å². The Morgan fingerprint density at radius 2 is 2.32 bits per heavy atom. The van der Waals surface area contributed by atoms with Crippen molar-refractivity contribution in [3.63, 3.8) is 0 Å². The second-order valence-electron chi connectivity index (χ2n) is 4.97. The standard InChI is InChI=1S/C15H19N3O/c1-12-4-2-3-5-14(12)15-8-16-11-18(15)9-13-10-19-7-6-17-13/h2-5,8,11,13,17H,6-7,9-10H2,1H3. The van der Waals surface area contributed by atoms with E-state index in [4.69, 9.17) is 4.74 Å². The molecule has 1 atom stereocenters. The summed E-state index contributed by atoms with van der Waals surface area (Å²) >= 11 is 0. The third-order valence-electron chi connectivity index (χ3n) is 3.55. The van der Waals surface area contributed by atoms with Crippen molar-refractivity contribution in [2.75, 3.05) is 19.8 Å². The minimum atomic E-state index is 0.366. The molecule has 1 aromatic carbocycles. The highest BCUT2D eigenvalue weighted by Crippen LogP contribution is 2.23. The van der Waals surface area contributed by atoms with Gasteiger partial charge in [0.1, 0.15) is 0 Å². The molecule has 1 unspecified atom stereocenters. The fraction of sp³-hybridized carbons (Fsp3) is 0.400. The molecule has 2 heterocycles. The Hall–Kier alpha value is -1.65. The Kier molecular flexibility index (Phi) is 3.62. The number of nitrogens with zero attached hydrogens (tertiary/aromatic N) is 2. The van der Waals surface area contributed by atoms with Gasteiger partial charge in [-0.3, -0.25) is 0 Å². The van der Waals surface area contributed by atoms with E-state index in [9.17, 15) is 0 Å². The number of hydrogen-bond donors (Lipinski definition) is 1. The van der Waals surface area contributed by atoms with Crippen LogP contribution in [-0.4, -0.2) is 35.4 Å². The first-order chi connectivity index (χ1) is 9.34. The van der Waals surface area contributed by atoms with Gasteiger partial charge in [-0.05, 0) is 12.5 Å². The number of rotatable bonds is 3. The number of ether oxygens (including phenoxy) is 1. The molecule has 19 heavy (non-hydrogen) atoms. The van der Waals surface area contributed by atoms with Crippen LogP contribution in [0, 0.1) is 6.92 Å². The van der Waals surface area contributed by atoms with Gasteiger partial charge in [0.15, 0.2) is 0 Å². The van der Waals surface area contributed by atoms with Gasteiger partial charge in [-0.15, -0.1) is 0 Å². The van der Waals surface area contributed by atoms with Gasteiger partial charge in [0, 0.05) is 24.7 Å². The van der Waals surface area contributed by atoms with E-state index in [-0.39, 0.29) is 0 Å². The summed E-state index contributed by atoms with van der Waals surface area (Å²) in [6.07, 6.45) is 3.84. The van der Waals surface area contributed by atoms with Crippen LogP contribution >= 0.6 is 0 Å². The van der Waals surface area contributed by atoms with Gasteiger partial charge in [-0.2, -0.15) is 0 Å². The summed E-state index contributed by atoms with van der Waals surface area (Å²) in [4.78, 5) is 4.30. The molecule has 1 aromatic heterocycles. The normalized spacial score (nSPS) is 19.5. The van der Waals surface area contributed by atoms with Gasteiger partial charge in [0.05, 0.1) is 31.4 Å². The largest absolute Gasteiger partial charge is 0.378 e. The highest BCUT2D eigenvalue weighted by molar-refractivity contribution is 5.63. The summed E-state index contributed by atoms with van der Waals surface area (Å²) in [6, 6.07) is 8.78. The van der Waals surface area contributed by atoms with Crippen LogP contribution in [-0.2, 0) is 11.3 Å². The van der Waals surface area contributed by atoms with Crippen LogP contribution < -0.4 is 5.32 Å². The summed E-state index contributed by atoms with van der Waals surface area (Å²) in [5.74, 6) is 0. The van der Waals surface area contributed by atoms with Crippen LogP contribution in [0.5, 0.6) is 0 Å². The van der Waals surface area contributed by atoms with Crippen LogP contribution in [0.25, 0.3) is 11.3 Å². The van der Waals surface area contributed by atoms with E-state index in [2.05, 4.69) is 46.1 Å². The molecule has 1 aliphatic rings. The van der Waals surface area contributed by atoms with Crippen molar-refractivity contribution < 1.29 is 4.74 Å². The maximum absolute atomic E-state index is 5.50. The SMILES string of the molecule is Cc1ccccc1-c1cncn1CC1COCCN1. The number of imidazole rings is 1. The third kappa shape index (κ3) is 2.69. The topological polar surface area (TPSA) is 39.1 Å². The Morgan fingerprint density at radius 1 is 1.42 bits per heavy atom. The first-order valence-electron chi connectivity index (χ1n) is 6.72. The fourth-order valence-electron chi connectivity index (χ4n) is 2.53. The Balaban J connectivity index is 1.84. The summed E-state index contributed by atoms with van der Waals surface area (Å²) in [5.41, 5.74) is 3.69. The lowest BCUT2D eigenvalue weighted by atomic mass is 10.1. The summed E-state index contributed by atoms with van der Waals surface area (Å²) in [5, 5.41) is 3.48. The molecule has 1 fully saturated rings. The third-order valence-corrected chi connectivity index (χ3v) is 3.55. The van der Waals surface area contributed by atoms with E-state index in [0.29, 0.717) is 6.04 Å². The van der Waals surface area contributed by atoms with Crippen LogP contribution in [0.1, 0.15) is 5.56 Å². The molecule has 1 aliphatic heterocycles. The second kappa shape index (κ2) is 5.55. The molecule has 0 bridgehead atoms. The van der Waals surface area contributed by atoms with Crippen molar-refractivity contribution in [1.29, 1.82) is 0 Å². The zero-order chi connectivity index (χ0) is 13.1. The van der Waals surface area contributed by atoms with Gasteiger partial charge in [-0.25, -0.2) is 4.98 Å². The van der Waals surface area contributed by atoms with Crippen LogP contribution in [0.4, 0.5) is 0 Å².